The molecule has 130 valence electrons. The zero-order valence-corrected chi connectivity index (χ0v) is 14.6. The van der Waals surface area contributed by atoms with Gasteiger partial charge < -0.3 is 11.1 Å². The molecule has 5 heteroatoms. The van der Waals surface area contributed by atoms with E-state index in [1.165, 1.54) is 6.07 Å². The molecule has 1 atom stereocenters. The van der Waals surface area contributed by atoms with Gasteiger partial charge in [0.05, 0.1) is 11.5 Å². The Hall–Kier alpha value is -2.97. The maximum Gasteiger partial charge on any atom is 0.251 e. The number of rotatable bonds is 5. The number of benzene rings is 2. The first-order valence-electron chi connectivity index (χ1n) is 7.34. The minimum absolute atomic E-state index is 0.222. The van der Waals surface area contributed by atoms with Gasteiger partial charge in [-0.3, -0.25) is 4.79 Å². The zero-order valence-electron chi connectivity index (χ0n) is 13.8. The number of carbonyl (C=O) groups excluding carboxylic acids is 1. The second-order valence-corrected chi connectivity index (χ2v) is 4.85. The highest BCUT2D eigenvalue weighted by molar-refractivity contribution is 7.78. The lowest BCUT2D eigenvalue weighted by molar-refractivity contribution is 0.0936. The SMILES string of the molecule is C#C.C=CC[C@H](NC(=O)c1ccccc1)c1ccccc1F.NC=S. The van der Waals surface area contributed by atoms with Crippen molar-refractivity contribution in [2.24, 2.45) is 5.73 Å². The Kier molecular flexibility index (Phi) is 11.9. The molecule has 0 aliphatic carbocycles. The molecule has 0 aromatic heterocycles. The smallest absolute Gasteiger partial charge is 0.251 e. The molecule has 1 amide bonds. The van der Waals surface area contributed by atoms with Crippen LogP contribution in [0.5, 0.6) is 0 Å². The van der Waals surface area contributed by atoms with Gasteiger partial charge in [0.2, 0.25) is 0 Å². The Morgan fingerprint density at radius 2 is 1.72 bits per heavy atom. The number of nitrogens with one attached hydrogen (secondary N) is 1. The first kappa shape index (κ1) is 22.0. The lowest BCUT2D eigenvalue weighted by Gasteiger charge is -2.18. The number of carbonyl (C=O) groups is 1. The van der Waals surface area contributed by atoms with Crippen LogP contribution >= 0.6 is 12.2 Å². The van der Waals surface area contributed by atoms with E-state index in [-0.39, 0.29) is 11.7 Å². The van der Waals surface area contributed by atoms with Crippen molar-refractivity contribution in [3.8, 4) is 12.8 Å². The van der Waals surface area contributed by atoms with E-state index in [4.69, 9.17) is 0 Å². The van der Waals surface area contributed by atoms with E-state index in [1.54, 1.807) is 48.5 Å². The van der Waals surface area contributed by atoms with Crippen molar-refractivity contribution in [3.05, 3.63) is 84.2 Å². The fraction of sp³-hybridized carbons (Fsp3) is 0.100. The second-order valence-electron chi connectivity index (χ2n) is 4.57. The molecule has 3 N–H and O–H groups in total. The standard InChI is InChI=1S/C17H16FNO.C2H2.CH3NS/c1-2-8-16(14-11-6-7-12-15(14)18)19-17(20)13-9-4-3-5-10-13;1-2;2-1-3/h2-7,9-12,16H,1,8H2,(H,19,20);1-2H;1H,(H2,2,3)/t16-;;/m0../s1. The maximum atomic E-state index is 13.8. The van der Waals surface area contributed by atoms with Crippen LogP contribution in [-0.4, -0.2) is 11.4 Å². The average Bonchev–Trinajstić information content (AvgIpc) is 2.65. The highest BCUT2D eigenvalue weighted by Crippen LogP contribution is 2.21. The van der Waals surface area contributed by atoms with Gasteiger partial charge in [0, 0.05) is 11.1 Å². The molecular formula is C20H21FN2OS. The van der Waals surface area contributed by atoms with Crippen LogP contribution in [0.25, 0.3) is 0 Å². The minimum Gasteiger partial charge on any atom is -0.396 e. The molecule has 2 aromatic rings. The Balaban J connectivity index is 0.00000104. The van der Waals surface area contributed by atoms with E-state index in [1.807, 2.05) is 6.07 Å². The van der Waals surface area contributed by atoms with Crippen molar-refractivity contribution >= 4 is 23.6 Å². The molecule has 25 heavy (non-hydrogen) atoms. The molecule has 0 fully saturated rings. The molecule has 2 rings (SSSR count). The van der Waals surface area contributed by atoms with Gasteiger partial charge >= 0.3 is 0 Å². The third-order valence-electron chi connectivity index (χ3n) is 3.02. The number of hydrogen-bond acceptors (Lipinski definition) is 2. The monoisotopic (exact) mass is 356 g/mol. The van der Waals surface area contributed by atoms with Crippen LogP contribution < -0.4 is 11.1 Å². The molecule has 0 aliphatic rings. The predicted molar refractivity (Wildman–Crippen MR) is 106 cm³/mol. The lowest BCUT2D eigenvalue weighted by atomic mass is 10.0. The summed E-state index contributed by atoms with van der Waals surface area (Å²) in [4.78, 5) is 12.1. The van der Waals surface area contributed by atoms with Crippen LogP contribution in [0, 0.1) is 18.7 Å². The van der Waals surface area contributed by atoms with E-state index in [0.717, 1.165) is 5.49 Å². The first-order valence-corrected chi connectivity index (χ1v) is 7.81. The summed E-state index contributed by atoms with van der Waals surface area (Å²) in [5.74, 6) is -0.548. The van der Waals surface area contributed by atoms with Gasteiger partial charge in [-0.15, -0.1) is 19.4 Å². The van der Waals surface area contributed by atoms with Crippen molar-refractivity contribution in [2.75, 3.05) is 0 Å². The summed E-state index contributed by atoms with van der Waals surface area (Å²) in [5, 5.41) is 2.84. The average molecular weight is 356 g/mol. The summed E-state index contributed by atoms with van der Waals surface area (Å²) in [6.07, 6.45) is 10.1. The summed E-state index contributed by atoms with van der Waals surface area (Å²) in [5.41, 5.74) is 6.64. The largest absolute Gasteiger partial charge is 0.396 e. The number of hydrogen-bond donors (Lipinski definition) is 2. The summed E-state index contributed by atoms with van der Waals surface area (Å²) in [7, 11) is 0. The molecular weight excluding hydrogens is 335 g/mol. The van der Waals surface area contributed by atoms with Gasteiger partial charge in [0.25, 0.3) is 5.91 Å². The van der Waals surface area contributed by atoms with Crippen molar-refractivity contribution in [3.63, 3.8) is 0 Å². The molecule has 0 saturated carbocycles. The quantitative estimate of drug-likeness (QED) is 0.483. The Morgan fingerprint density at radius 3 is 2.24 bits per heavy atom. The molecule has 0 radical (unpaired) electrons. The first-order chi connectivity index (χ1) is 12.1. The van der Waals surface area contributed by atoms with E-state index in [2.05, 4.69) is 42.7 Å². The molecule has 0 bridgehead atoms. The van der Waals surface area contributed by atoms with E-state index in [0.29, 0.717) is 17.5 Å². The molecule has 0 heterocycles. The van der Waals surface area contributed by atoms with Gasteiger partial charge in [-0.05, 0) is 24.6 Å². The molecule has 0 unspecified atom stereocenters. The highest BCUT2D eigenvalue weighted by atomic mass is 32.1. The van der Waals surface area contributed by atoms with E-state index < -0.39 is 6.04 Å². The Bertz CT molecular complexity index is 686. The minimum atomic E-state index is -0.415. The van der Waals surface area contributed by atoms with Gasteiger partial charge in [0.15, 0.2) is 0 Å². The Morgan fingerprint density at radius 1 is 1.20 bits per heavy atom. The zero-order chi connectivity index (χ0) is 19.1. The van der Waals surface area contributed by atoms with E-state index >= 15 is 0 Å². The third-order valence-corrected chi connectivity index (χ3v) is 3.02. The topological polar surface area (TPSA) is 55.1 Å². The number of terminal acetylenes is 1. The van der Waals surface area contributed by atoms with Crippen LogP contribution in [-0.2, 0) is 0 Å². The molecule has 2 aromatic carbocycles. The summed E-state index contributed by atoms with van der Waals surface area (Å²) < 4.78 is 13.8. The molecule has 0 saturated heterocycles. The van der Waals surface area contributed by atoms with Gasteiger partial charge in [0.1, 0.15) is 5.82 Å². The van der Waals surface area contributed by atoms with Crippen LogP contribution in [0.3, 0.4) is 0 Å². The van der Waals surface area contributed by atoms with E-state index in [9.17, 15) is 9.18 Å². The fourth-order valence-electron chi connectivity index (χ4n) is 2.02. The van der Waals surface area contributed by atoms with Crippen LogP contribution in [0.2, 0.25) is 0 Å². The van der Waals surface area contributed by atoms with Crippen molar-refractivity contribution in [1.29, 1.82) is 0 Å². The molecule has 0 aliphatic heterocycles. The van der Waals surface area contributed by atoms with Crippen molar-refractivity contribution < 1.29 is 9.18 Å². The highest BCUT2D eigenvalue weighted by Gasteiger charge is 2.17. The van der Waals surface area contributed by atoms with Gasteiger partial charge in [-0.1, -0.05) is 54.7 Å². The second kappa shape index (κ2) is 13.5. The maximum absolute atomic E-state index is 13.8. The predicted octanol–water partition coefficient (Wildman–Crippen LogP) is 4.02. The fourth-order valence-corrected chi connectivity index (χ4v) is 2.02. The summed E-state index contributed by atoms with van der Waals surface area (Å²) >= 11 is 4.05. The Labute approximate surface area is 153 Å². The van der Waals surface area contributed by atoms with Crippen LogP contribution in [0.4, 0.5) is 4.39 Å². The van der Waals surface area contributed by atoms with Crippen molar-refractivity contribution in [2.45, 2.75) is 12.5 Å². The number of halogens is 1. The summed E-state index contributed by atoms with van der Waals surface area (Å²) in [6, 6.07) is 14.9. The molecule has 3 nitrogen and oxygen atoms in total. The third kappa shape index (κ3) is 7.91. The van der Waals surface area contributed by atoms with Crippen molar-refractivity contribution in [1.82, 2.24) is 5.32 Å². The number of amides is 1. The van der Waals surface area contributed by atoms with Crippen LogP contribution in [0.15, 0.2) is 67.3 Å². The van der Waals surface area contributed by atoms with Gasteiger partial charge in [-0.2, -0.15) is 0 Å². The number of thiocarbonyl (C=S) groups is 1. The van der Waals surface area contributed by atoms with Crippen LogP contribution in [0.1, 0.15) is 28.4 Å². The van der Waals surface area contributed by atoms with Gasteiger partial charge in [-0.25, -0.2) is 4.39 Å². The summed E-state index contributed by atoms with van der Waals surface area (Å²) in [6.45, 7) is 3.66. The number of nitrogens with two attached hydrogens (primary N) is 1. The lowest BCUT2D eigenvalue weighted by Crippen LogP contribution is -2.28. The normalized spacial score (nSPS) is 9.88. The molecule has 0 spiro atoms.